The lowest BCUT2D eigenvalue weighted by molar-refractivity contribution is 0.136. The largest absolute Gasteiger partial charge is 0.308 e. The summed E-state index contributed by atoms with van der Waals surface area (Å²) in [6, 6.07) is 4.64. The molecule has 2 rings (SSSR count). The summed E-state index contributed by atoms with van der Waals surface area (Å²) in [6.45, 7) is 8.01. The molecule has 19 heavy (non-hydrogen) atoms. The van der Waals surface area contributed by atoms with E-state index < -0.39 is 0 Å². The first-order valence-electron chi connectivity index (χ1n) is 7.62. The molecule has 0 amide bonds. The molecule has 0 aliphatic heterocycles. The molecule has 0 saturated heterocycles. The average Bonchev–Trinajstić information content (AvgIpc) is 2.47. The lowest BCUT2D eigenvalue weighted by Gasteiger charge is -2.39. The van der Waals surface area contributed by atoms with Crippen LogP contribution in [0.2, 0.25) is 0 Å². The fraction of sp³-hybridized carbons (Fsp3) is 0.750. The van der Waals surface area contributed by atoms with Crippen LogP contribution >= 0.6 is 0 Å². The van der Waals surface area contributed by atoms with Crippen LogP contribution in [-0.2, 0) is 6.54 Å². The molecule has 1 aromatic heterocycles. The highest BCUT2D eigenvalue weighted by Crippen LogP contribution is 2.40. The van der Waals surface area contributed by atoms with Gasteiger partial charge < -0.3 is 5.32 Å². The summed E-state index contributed by atoms with van der Waals surface area (Å²) in [6.07, 6.45) is 8.33. The molecule has 3 nitrogen and oxygen atoms in total. The van der Waals surface area contributed by atoms with Crippen LogP contribution in [0.25, 0.3) is 0 Å². The van der Waals surface area contributed by atoms with Crippen LogP contribution in [0.3, 0.4) is 0 Å². The topological polar surface area (TPSA) is 37.8 Å². The minimum Gasteiger partial charge on any atom is -0.308 e. The Morgan fingerprint density at radius 3 is 2.58 bits per heavy atom. The first-order chi connectivity index (χ1) is 9.12. The number of nitrogens with zero attached hydrogens (tertiary/aromatic N) is 2. The average molecular weight is 261 g/mol. The number of hydrogen-bond acceptors (Lipinski definition) is 3. The van der Waals surface area contributed by atoms with E-state index >= 15 is 0 Å². The van der Waals surface area contributed by atoms with Crippen LogP contribution in [0, 0.1) is 11.3 Å². The molecular formula is C16H27N3. The smallest absolute Gasteiger partial charge is 0.0769 e. The van der Waals surface area contributed by atoms with Crippen LogP contribution in [0.15, 0.2) is 18.3 Å². The van der Waals surface area contributed by atoms with Gasteiger partial charge in [0.2, 0.25) is 0 Å². The summed E-state index contributed by atoms with van der Waals surface area (Å²) in [5.74, 6) is 0.895. The van der Waals surface area contributed by atoms with Gasteiger partial charge in [0.15, 0.2) is 0 Å². The monoisotopic (exact) mass is 261 g/mol. The van der Waals surface area contributed by atoms with E-state index in [9.17, 15) is 0 Å². The number of rotatable bonds is 5. The second-order valence-electron chi connectivity index (χ2n) is 6.49. The van der Waals surface area contributed by atoms with E-state index in [0.29, 0.717) is 11.5 Å². The molecule has 0 radical (unpaired) electrons. The normalized spacial score (nSPS) is 24.4. The summed E-state index contributed by atoms with van der Waals surface area (Å²) in [7, 11) is 0. The molecule has 1 aromatic rings. The highest BCUT2D eigenvalue weighted by atomic mass is 15.1. The summed E-state index contributed by atoms with van der Waals surface area (Å²) in [5.41, 5.74) is 1.55. The van der Waals surface area contributed by atoms with Gasteiger partial charge in [0.1, 0.15) is 0 Å². The molecular weight excluding hydrogens is 234 g/mol. The lowest BCUT2D eigenvalue weighted by Crippen LogP contribution is -2.36. The molecule has 1 saturated carbocycles. The van der Waals surface area contributed by atoms with Crippen molar-refractivity contribution in [2.75, 3.05) is 0 Å². The van der Waals surface area contributed by atoms with Gasteiger partial charge in [0.25, 0.3) is 0 Å². The van der Waals surface area contributed by atoms with Crippen molar-refractivity contribution in [3.63, 3.8) is 0 Å². The van der Waals surface area contributed by atoms with E-state index in [4.69, 9.17) is 0 Å². The molecule has 0 atom stereocenters. The molecule has 106 valence electrons. The maximum absolute atomic E-state index is 4.12. The molecule has 1 heterocycles. The van der Waals surface area contributed by atoms with Gasteiger partial charge in [0, 0.05) is 18.8 Å². The zero-order valence-corrected chi connectivity index (χ0v) is 12.5. The van der Waals surface area contributed by atoms with Crippen molar-refractivity contribution in [1.82, 2.24) is 15.5 Å². The Kier molecular flexibility index (Phi) is 4.92. The van der Waals surface area contributed by atoms with Crippen LogP contribution in [0.4, 0.5) is 0 Å². The summed E-state index contributed by atoms with van der Waals surface area (Å²) >= 11 is 0. The van der Waals surface area contributed by atoms with Crippen LogP contribution in [-0.4, -0.2) is 16.2 Å². The highest BCUT2D eigenvalue weighted by Gasteiger charge is 2.31. The molecule has 0 aromatic carbocycles. The molecule has 1 aliphatic carbocycles. The summed E-state index contributed by atoms with van der Waals surface area (Å²) < 4.78 is 0. The second kappa shape index (κ2) is 6.47. The van der Waals surface area contributed by atoms with Gasteiger partial charge in [-0.2, -0.15) is 10.2 Å². The number of hydrogen-bond donors (Lipinski definition) is 1. The van der Waals surface area contributed by atoms with E-state index in [0.717, 1.165) is 18.2 Å². The minimum atomic E-state index is 0.510. The van der Waals surface area contributed by atoms with Gasteiger partial charge in [-0.05, 0) is 49.1 Å². The molecule has 0 unspecified atom stereocenters. The van der Waals surface area contributed by atoms with E-state index in [1.54, 1.807) is 6.20 Å². The van der Waals surface area contributed by atoms with Crippen molar-refractivity contribution in [3.05, 3.63) is 24.0 Å². The van der Waals surface area contributed by atoms with Crippen LogP contribution in [0.5, 0.6) is 0 Å². The molecule has 0 bridgehead atoms. The molecule has 3 heteroatoms. The van der Waals surface area contributed by atoms with Gasteiger partial charge in [-0.1, -0.05) is 27.2 Å². The summed E-state index contributed by atoms with van der Waals surface area (Å²) in [5, 5.41) is 11.7. The third-order valence-electron chi connectivity index (χ3n) is 4.94. The van der Waals surface area contributed by atoms with Gasteiger partial charge in [-0.15, -0.1) is 0 Å². The Morgan fingerprint density at radius 2 is 2.00 bits per heavy atom. The standard InChI is InChI=1S/C16H27N3/c1-4-16(2,3)13-7-9-14(10-8-13)17-12-15-6-5-11-18-19-15/h5-6,11,13-14,17H,4,7-10,12H2,1-3H3. The summed E-state index contributed by atoms with van der Waals surface area (Å²) in [4.78, 5) is 0. The first kappa shape index (κ1) is 14.4. The Hall–Kier alpha value is -0.960. The third-order valence-corrected chi connectivity index (χ3v) is 4.94. The minimum absolute atomic E-state index is 0.510. The molecule has 1 fully saturated rings. The Labute approximate surface area is 117 Å². The quantitative estimate of drug-likeness (QED) is 0.880. The van der Waals surface area contributed by atoms with Crippen molar-refractivity contribution >= 4 is 0 Å². The maximum Gasteiger partial charge on any atom is 0.0769 e. The Morgan fingerprint density at radius 1 is 1.26 bits per heavy atom. The van der Waals surface area contributed by atoms with Crippen molar-refractivity contribution in [1.29, 1.82) is 0 Å². The predicted octanol–water partition coefficient (Wildman–Crippen LogP) is 3.56. The predicted molar refractivity (Wildman–Crippen MR) is 78.7 cm³/mol. The van der Waals surface area contributed by atoms with Crippen LogP contribution < -0.4 is 5.32 Å². The van der Waals surface area contributed by atoms with Crippen LogP contribution in [0.1, 0.15) is 58.6 Å². The van der Waals surface area contributed by atoms with Gasteiger partial charge >= 0.3 is 0 Å². The van der Waals surface area contributed by atoms with Crippen molar-refractivity contribution in [2.24, 2.45) is 11.3 Å². The Bertz CT molecular complexity index is 367. The van der Waals surface area contributed by atoms with Crippen molar-refractivity contribution in [2.45, 2.75) is 65.5 Å². The third kappa shape index (κ3) is 4.00. The fourth-order valence-corrected chi connectivity index (χ4v) is 3.04. The van der Waals surface area contributed by atoms with E-state index in [1.165, 1.54) is 32.1 Å². The van der Waals surface area contributed by atoms with E-state index in [2.05, 4.69) is 36.3 Å². The fourth-order valence-electron chi connectivity index (χ4n) is 3.04. The maximum atomic E-state index is 4.12. The Balaban J connectivity index is 1.75. The van der Waals surface area contributed by atoms with Gasteiger partial charge in [0.05, 0.1) is 5.69 Å². The zero-order valence-electron chi connectivity index (χ0n) is 12.5. The number of aromatic nitrogens is 2. The highest BCUT2D eigenvalue weighted by molar-refractivity contribution is 4.99. The molecule has 0 spiro atoms. The first-order valence-corrected chi connectivity index (χ1v) is 7.62. The van der Waals surface area contributed by atoms with Gasteiger partial charge in [-0.25, -0.2) is 0 Å². The second-order valence-corrected chi connectivity index (χ2v) is 6.49. The molecule has 1 aliphatic rings. The lowest BCUT2D eigenvalue weighted by atomic mass is 9.69. The van der Waals surface area contributed by atoms with Crippen molar-refractivity contribution < 1.29 is 0 Å². The SMILES string of the molecule is CCC(C)(C)C1CCC(NCc2cccnn2)CC1. The number of nitrogens with one attached hydrogen (secondary N) is 1. The molecule has 1 N–H and O–H groups in total. The van der Waals surface area contributed by atoms with Crippen molar-refractivity contribution in [3.8, 4) is 0 Å². The zero-order chi connectivity index (χ0) is 13.7. The van der Waals surface area contributed by atoms with E-state index in [-0.39, 0.29) is 0 Å². The van der Waals surface area contributed by atoms with E-state index in [1.807, 2.05) is 12.1 Å². The van der Waals surface area contributed by atoms with Gasteiger partial charge in [-0.3, -0.25) is 0 Å².